The molecule has 1 atom stereocenters. The lowest BCUT2D eigenvalue weighted by atomic mass is 10.0. The van der Waals surface area contributed by atoms with E-state index in [4.69, 9.17) is 4.74 Å². The monoisotopic (exact) mass is 396 g/mol. The smallest absolute Gasteiger partial charge is 0.406 e. The van der Waals surface area contributed by atoms with Gasteiger partial charge in [0, 0.05) is 19.3 Å². The summed E-state index contributed by atoms with van der Waals surface area (Å²) >= 11 is 0. The number of aryl methyl sites for hydroxylation is 1. The number of nitrogens with one attached hydrogen (secondary N) is 2. The molecule has 150 valence electrons. The van der Waals surface area contributed by atoms with Crippen molar-refractivity contribution in [2.24, 2.45) is 0 Å². The Morgan fingerprint density at radius 3 is 2.25 bits per heavy atom. The van der Waals surface area contributed by atoms with Gasteiger partial charge in [-0.1, -0.05) is 24.3 Å². The SMILES string of the molecule is CO[C@H](CNC(=O)C(=O)Nc1ccc(OC(F)(F)F)cc1)c1ccccc1C. The standard InChI is InChI=1S/C19H19F3N2O4/c1-12-5-3-4-6-15(12)16(27-2)11-23-17(25)18(26)24-13-7-9-14(10-8-13)28-19(20,21)22/h3-10,16H,11H2,1-2H3,(H,23,25)(H,24,26)/t16-/m1/s1. The number of rotatable bonds is 6. The molecular weight excluding hydrogens is 377 g/mol. The van der Waals surface area contributed by atoms with Crippen molar-refractivity contribution in [2.45, 2.75) is 19.4 Å². The van der Waals surface area contributed by atoms with Crippen molar-refractivity contribution in [3.05, 3.63) is 59.7 Å². The zero-order valence-electron chi connectivity index (χ0n) is 15.2. The van der Waals surface area contributed by atoms with E-state index < -0.39 is 30.0 Å². The molecule has 2 N–H and O–H groups in total. The second-order valence-electron chi connectivity index (χ2n) is 5.82. The van der Waals surface area contributed by atoms with Gasteiger partial charge in [0.1, 0.15) is 5.75 Å². The molecule has 2 aromatic carbocycles. The van der Waals surface area contributed by atoms with Gasteiger partial charge in [-0.3, -0.25) is 9.59 Å². The van der Waals surface area contributed by atoms with E-state index in [1.165, 1.54) is 19.2 Å². The highest BCUT2D eigenvalue weighted by Gasteiger charge is 2.31. The van der Waals surface area contributed by atoms with Gasteiger partial charge in [-0.25, -0.2) is 0 Å². The van der Waals surface area contributed by atoms with Crippen LogP contribution in [0.4, 0.5) is 18.9 Å². The largest absolute Gasteiger partial charge is 0.573 e. The van der Waals surface area contributed by atoms with Crippen LogP contribution in [0.2, 0.25) is 0 Å². The Hall–Kier alpha value is -3.07. The molecule has 9 heteroatoms. The molecule has 0 unspecified atom stereocenters. The van der Waals surface area contributed by atoms with Crippen LogP contribution >= 0.6 is 0 Å². The normalized spacial score (nSPS) is 12.2. The summed E-state index contributed by atoms with van der Waals surface area (Å²) in [6, 6.07) is 11.9. The second kappa shape index (κ2) is 9.23. The van der Waals surface area contributed by atoms with Gasteiger partial charge in [0.05, 0.1) is 6.10 Å². The number of ether oxygens (including phenoxy) is 2. The van der Waals surface area contributed by atoms with Crippen LogP contribution in [0.5, 0.6) is 5.75 Å². The van der Waals surface area contributed by atoms with E-state index in [1.807, 2.05) is 31.2 Å². The lowest BCUT2D eigenvalue weighted by molar-refractivity contribution is -0.274. The number of benzene rings is 2. The number of carbonyl (C=O) groups excluding carboxylic acids is 2. The molecule has 28 heavy (non-hydrogen) atoms. The van der Waals surface area contributed by atoms with Crippen LogP contribution in [0.15, 0.2) is 48.5 Å². The number of hydrogen-bond donors (Lipinski definition) is 2. The Kier molecular flexibility index (Phi) is 7.00. The molecule has 0 aliphatic carbocycles. The molecule has 0 aliphatic rings. The fraction of sp³-hybridized carbons (Fsp3) is 0.263. The van der Waals surface area contributed by atoms with Crippen LogP contribution in [-0.2, 0) is 14.3 Å². The molecule has 0 heterocycles. The van der Waals surface area contributed by atoms with Crippen molar-refractivity contribution in [3.63, 3.8) is 0 Å². The summed E-state index contributed by atoms with van der Waals surface area (Å²) in [6.45, 7) is 1.98. The summed E-state index contributed by atoms with van der Waals surface area (Å²) in [4.78, 5) is 23.9. The second-order valence-corrected chi connectivity index (χ2v) is 5.82. The van der Waals surface area contributed by atoms with Gasteiger partial charge in [-0.2, -0.15) is 0 Å². The van der Waals surface area contributed by atoms with Crippen LogP contribution in [0.3, 0.4) is 0 Å². The maximum absolute atomic E-state index is 12.1. The van der Waals surface area contributed by atoms with E-state index in [0.717, 1.165) is 23.3 Å². The average Bonchev–Trinajstić information content (AvgIpc) is 2.63. The Morgan fingerprint density at radius 1 is 1.04 bits per heavy atom. The Bertz CT molecular complexity index is 823. The molecule has 0 radical (unpaired) electrons. The molecule has 0 spiro atoms. The number of amides is 2. The quantitative estimate of drug-likeness (QED) is 0.735. The molecule has 0 aromatic heterocycles. The van der Waals surface area contributed by atoms with E-state index in [2.05, 4.69) is 15.4 Å². The molecule has 0 aliphatic heterocycles. The molecule has 0 bridgehead atoms. The van der Waals surface area contributed by atoms with Gasteiger partial charge in [-0.05, 0) is 42.3 Å². The third-order valence-corrected chi connectivity index (χ3v) is 3.82. The number of alkyl halides is 3. The topological polar surface area (TPSA) is 76.7 Å². The first-order chi connectivity index (χ1) is 13.2. The van der Waals surface area contributed by atoms with Crippen LogP contribution in [0.25, 0.3) is 0 Å². The summed E-state index contributed by atoms with van der Waals surface area (Å²) in [6.07, 6.45) is -5.24. The highest BCUT2D eigenvalue weighted by molar-refractivity contribution is 6.39. The van der Waals surface area contributed by atoms with E-state index in [0.29, 0.717) is 0 Å². The van der Waals surface area contributed by atoms with Crippen LogP contribution in [0, 0.1) is 6.92 Å². The Labute approximate surface area is 159 Å². The summed E-state index contributed by atoms with van der Waals surface area (Å²) in [5.41, 5.74) is 2.01. The van der Waals surface area contributed by atoms with E-state index in [-0.39, 0.29) is 12.2 Å². The van der Waals surface area contributed by atoms with Gasteiger partial charge < -0.3 is 20.1 Å². The lowest BCUT2D eigenvalue weighted by Crippen LogP contribution is -2.38. The minimum Gasteiger partial charge on any atom is -0.406 e. The minimum absolute atomic E-state index is 0.0754. The molecule has 0 fully saturated rings. The number of hydrogen-bond acceptors (Lipinski definition) is 4. The molecule has 2 aromatic rings. The summed E-state index contributed by atoms with van der Waals surface area (Å²) in [5, 5.41) is 4.77. The van der Waals surface area contributed by atoms with Gasteiger partial charge in [-0.15, -0.1) is 13.2 Å². The van der Waals surface area contributed by atoms with E-state index >= 15 is 0 Å². The molecule has 2 rings (SSSR count). The van der Waals surface area contributed by atoms with Gasteiger partial charge >= 0.3 is 18.2 Å². The van der Waals surface area contributed by atoms with Crippen LogP contribution in [-0.4, -0.2) is 31.8 Å². The first kappa shape index (κ1) is 21.2. The van der Waals surface area contributed by atoms with Crippen molar-refractivity contribution in [1.29, 1.82) is 0 Å². The molecule has 0 saturated carbocycles. The predicted octanol–water partition coefficient (Wildman–Crippen LogP) is 3.34. The number of halogens is 3. The zero-order chi connectivity index (χ0) is 20.7. The third-order valence-electron chi connectivity index (χ3n) is 3.82. The zero-order valence-corrected chi connectivity index (χ0v) is 15.2. The first-order valence-corrected chi connectivity index (χ1v) is 8.23. The molecule has 2 amide bonds. The maximum Gasteiger partial charge on any atom is 0.573 e. The van der Waals surface area contributed by atoms with Crippen molar-refractivity contribution in [1.82, 2.24) is 5.32 Å². The van der Waals surface area contributed by atoms with Crippen molar-refractivity contribution < 1.29 is 32.2 Å². The summed E-state index contributed by atoms with van der Waals surface area (Å²) < 4.78 is 45.5. The fourth-order valence-corrected chi connectivity index (χ4v) is 2.46. The van der Waals surface area contributed by atoms with Gasteiger partial charge in [0.25, 0.3) is 0 Å². The van der Waals surface area contributed by atoms with Crippen molar-refractivity contribution in [2.75, 3.05) is 19.0 Å². The summed E-state index contributed by atoms with van der Waals surface area (Å²) in [5.74, 6) is -2.29. The molecular formula is C19H19F3N2O4. The highest BCUT2D eigenvalue weighted by atomic mass is 19.4. The molecule has 0 saturated heterocycles. The van der Waals surface area contributed by atoms with Gasteiger partial charge in [0.15, 0.2) is 0 Å². The summed E-state index contributed by atoms with van der Waals surface area (Å²) in [7, 11) is 1.49. The fourth-order valence-electron chi connectivity index (χ4n) is 2.46. The Morgan fingerprint density at radius 2 is 1.68 bits per heavy atom. The maximum atomic E-state index is 12.1. The predicted molar refractivity (Wildman–Crippen MR) is 95.7 cm³/mol. The van der Waals surface area contributed by atoms with E-state index in [9.17, 15) is 22.8 Å². The average molecular weight is 396 g/mol. The third kappa shape index (κ3) is 6.27. The van der Waals surface area contributed by atoms with Crippen LogP contribution in [0.1, 0.15) is 17.2 Å². The number of carbonyl (C=O) groups is 2. The Balaban J connectivity index is 1.90. The lowest BCUT2D eigenvalue weighted by Gasteiger charge is -2.18. The van der Waals surface area contributed by atoms with Gasteiger partial charge in [0.2, 0.25) is 0 Å². The number of methoxy groups -OCH3 is 1. The van der Waals surface area contributed by atoms with Crippen LogP contribution < -0.4 is 15.4 Å². The molecule has 6 nitrogen and oxygen atoms in total. The van der Waals surface area contributed by atoms with Crippen molar-refractivity contribution >= 4 is 17.5 Å². The van der Waals surface area contributed by atoms with E-state index in [1.54, 1.807) is 0 Å². The van der Waals surface area contributed by atoms with Crippen molar-refractivity contribution in [3.8, 4) is 5.75 Å². The highest BCUT2D eigenvalue weighted by Crippen LogP contribution is 2.24. The number of anilines is 1. The minimum atomic E-state index is -4.81. The first-order valence-electron chi connectivity index (χ1n) is 8.23.